The Kier molecular flexibility index (Phi) is 5.93. The molecule has 1 nitrogen and oxygen atoms in total. The summed E-state index contributed by atoms with van der Waals surface area (Å²) in [6.07, 6.45) is 2.06. The number of hydrogen-bond donors (Lipinski definition) is 1. The van der Waals surface area contributed by atoms with Crippen LogP contribution in [0.1, 0.15) is 45.2 Å². The third kappa shape index (κ3) is 3.43. The van der Waals surface area contributed by atoms with Gasteiger partial charge in [-0.25, -0.2) is 4.39 Å². The zero-order valence-electron chi connectivity index (χ0n) is 10.8. The van der Waals surface area contributed by atoms with Crippen LogP contribution in [0.3, 0.4) is 0 Å². The van der Waals surface area contributed by atoms with Gasteiger partial charge in [-0.1, -0.05) is 57.3 Å². The smallest absolute Gasteiger partial charge is 0.146 e. The van der Waals surface area contributed by atoms with E-state index in [1.54, 1.807) is 6.07 Å². The van der Waals surface area contributed by atoms with Crippen molar-refractivity contribution in [2.45, 2.75) is 39.7 Å². The lowest BCUT2D eigenvalue weighted by atomic mass is 9.88. The average Bonchev–Trinajstić information content (AvgIpc) is 2.33. The lowest BCUT2D eigenvalue weighted by molar-refractivity contribution is 0.337. The predicted molar refractivity (Wildman–Crippen MR) is 71.9 cm³/mol. The van der Waals surface area contributed by atoms with Crippen LogP contribution in [0.15, 0.2) is 18.2 Å². The highest BCUT2D eigenvalue weighted by atomic mass is 35.5. The molecule has 0 fully saturated rings. The zero-order valence-corrected chi connectivity index (χ0v) is 11.5. The maximum atomic E-state index is 14.0. The second kappa shape index (κ2) is 6.97. The lowest BCUT2D eigenvalue weighted by Gasteiger charge is -2.27. The molecule has 0 saturated heterocycles. The van der Waals surface area contributed by atoms with E-state index in [-0.39, 0.29) is 16.9 Å². The first-order valence-electron chi connectivity index (χ1n) is 6.32. The van der Waals surface area contributed by atoms with Gasteiger partial charge in [0.2, 0.25) is 0 Å². The number of halogens is 2. The van der Waals surface area contributed by atoms with Crippen molar-refractivity contribution in [3.63, 3.8) is 0 Å². The monoisotopic (exact) mass is 257 g/mol. The molecule has 0 heterocycles. The normalized spacial score (nSPS) is 13.1. The summed E-state index contributed by atoms with van der Waals surface area (Å²) in [7, 11) is 0. The van der Waals surface area contributed by atoms with Gasteiger partial charge in [0.1, 0.15) is 5.82 Å². The Morgan fingerprint density at radius 2 is 1.88 bits per heavy atom. The molecule has 1 atom stereocenters. The van der Waals surface area contributed by atoms with E-state index in [1.807, 2.05) is 19.1 Å². The average molecular weight is 258 g/mol. The van der Waals surface area contributed by atoms with Crippen LogP contribution >= 0.6 is 11.6 Å². The Morgan fingerprint density at radius 1 is 1.24 bits per heavy atom. The Balaban J connectivity index is 3.08. The van der Waals surface area contributed by atoms with Crippen molar-refractivity contribution < 1.29 is 4.39 Å². The molecule has 0 aliphatic heterocycles. The molecule has 0 aliphatic carbocycles. The Hall–Kier alpha value is -0.600. The summed E-state index contributed by atoms with van der Waals surface area (Å²) in [5.41, 5.74) is 0.688. The van der Waals surface area contributed by atoms with Gasteiger partial charge in [0.15, 0.2) is 0 Å². The number of rotatable bonds is 6. The second-order valence-electron chi connectivity index (χ2n) is 4.25. The van der Waals surface area contributed by atoms with Crippen molar-refractivity contribution in [2.24, 2.45) is 5.92 Å². The fraction of sp³-hybridized carbons (Fsp3) is 0.571. The number of benzene rings is 1. The highest BCUT2D eigenvalue weighted by Gasteiger charge is 2.23. The van der Waals surface area contributed by atoms with Gasteiger partial charge in [0.25, 0.3) is 0 Å². The van der Waals surface area contributed by atoms with Crippen molar-refractivity contribution in [1.29, 1.82) is 0 Å². The van der Waals surface area contributed by atoms with Gasteiger partial charge in [-0.3, -0.25) is 0 Å². The summed E-state index contributed by atoms with van der Waals surface area (Å²) in [5, 5.41) is 3.58. The highest BCUT2D eigenvalue weighted by molar-refractivity contribution is 6.30. The van der Waals surface area contributed by atoms with E-state index >= 15 is 0 Å². The second-order valence-corrected chi connectivity index (χ2v) is 4.66. The van der Waals surface area contributed by atoms with Gasteiger partial charge in [-0.05, 0) is 18.5 Å². The summed E-state index contributed by atoms with van der Waals surface area (Å²) in [5.74, 6) is 0.148. The first-order valence-corrected chi connectivity index (χ1v) is 6.70. The SMILES string of the molecule is CCNC(c1cccc(Cl)c1F)C(CC)CC. The van der Waals surface area contributed by atoms with Crippen LogP contribution < -0.4 is 5.32 Å². The molecule has 0 bridgehead atoms. The molecule has 0 aliphatic rings. The van der Waals surface area contributed by atoms with Gasteiger partial charge in [-0.2, -0.15) is 0 Å². The predicted octanol–water partition coefficient (Wildman–Crippen LogP) is 4.57. The van der Waals surface area contributed by atoms with Crippen LogP contribution in [0.2, 0.25) is 5.02 Å². The summed E-state index contributed by atoms with van der Waals surface area (Å²) >= 11 is 5.85. The topological polar surface area (TPSA) is 12.0 Å². The standard InChI is InChI=1S/C14H21ClFN/c1-4-10(5-2)14(17-6-3)11-8-7-9-12(15)13(11)16/h7-10,14,17H,4-6H2,1-3H3. The van der Waals surface area contributed by atoms with E-state index in [2.05, 4.69) is 19.2 Å². The summed E-state index contributed by atoms with van der Waals surface area (Å²) in [6, 6.07) is 5.28. The van der Waals surface area contributed by atoms with Crippen LogP contribution in [0.5, 0.6) is 0 Å². The molecular weight excluding hydrogens is 237 g/mol. The highest BCUT2D eigenvalue weighted by Crippen LogP contribution is 2.31. The van der Waals surface area contributed by atoms with Crippen LogP contribution in [0.25, 0.3) is 0 Å². The van der Waals surface area contributed by atoms with Crippen molar-refractivity contribution in [3.8, 4) is 0 Å². The van der Waals surface area contributed by atoms with Gasteiger partial charge < -0.3 is 5.32 Å². The molecule has 1 aromatic carbocycles. The first kappa shape index (κ1) is 14.5. The maximum absolute atomic E-state index is 14.0. The van der Waals surface area contributed by atoms with Crippen LogP contribution in [0.4, 0.5) is 4.39 Å². The van der Waals surface area contributed by atoms with Crippen molar-refractivity contribution in [2.75, 3.05) is 6.54 Å². The Bertz CT molecular complexity index is 350. The van der Waals surface area contributed by atoms with E-state index in [0.717, 1.165) is 19.4 Å². The first-order chi connectivity index (χ1) is 8.15. The van der Waals surface area contributed by atoms with Gasteiger partial charge in [0, 0.05) is 11.6 Å². The molecule has 0 saturated carbocycles. The van der Waals surface area contributed by atoms with Gasteiger partial charge >= 0.3 is 0 Å². The largest absolute Gasteiger partial charge is 0.310 e. The fourth-order valence-electron chi connectivity index (χ4n) is 2.27. The lowest BCUT2D eigenvalue weighted by Crippen LogP contribution is -2.28. The van der Waals surface area contributed by atoms with E-state index in [0.29, 0.717) is 11.5 Å². The third-order valence-electron chi connectivity index (χ3n) is 3.26. The van der Waals surface area contributed by atoms with Crippen molar-refractivity contribution in [1.82, 2.24) is 5.32 Å². The maximum Gasteiger partial charge on any atom is 0.146 e. The van der Waals surface area contributed by atoms with E-state index in [9.17, 15) is 4.39 Å². The van der Waals surface area contributed by atoms with E-state index in [1.165, 1.54) is 0 Å². The molecule has 0 radical (unpaired) electrons. The van der Waals surface area contributed by atoms with Crippen LogP contribution in [0, 0.1) is 11.7 Å². The molecule has 0 aromatic heterocycles. The summed E-state index contributed by atoms with van der Waals surface area (Å²) < 4.78 is 14.0. The molecule has 1 unspecified atom stereocenters. The quantitative estimate of drug-likeness (QED) is 0.787. The van der Waals surface area contributed by atoms with E-state index in [4.69, 9.17) is 11.6 Å². The minimum atomic E-state index is -0.285. The summed E-state index contributed by atoms with van der Waals surface area (Å²) in [4.78, 5) is 0. The summed E-state index contributed by atoms with van der Waals surface area (Å²) in [6.45, 7) is 7.15. The minimum absolute atomic E-state index is 0.0497. The van der Waals surface area contributed by atoms with Crippen molar-refractivity contribution in [3.05, 3.63) is 34.6 Å². The Labute approximate surface area is 108 Å². The van der Waals surface area contributed by atoms with Crippen LogP contribution in [-0.4, -0.2) is 6.54 Å². The molecule has 1 rings (SSSR count). The number of hydrogen-bond acceptors (Lipinski definition) is 1. The Morgan fingerprint density at radius 3 is 2.41 bits per heavy atom. The molecule has 1 aromatic rings. The molecule has 96 valence electrons. The van der Waals surface area contributed by atoms with Gasteiger partial charge in [-0.15, -0.1) is 0 Å². The molecule has 3 heteroatoms. The molecule has 0 amide bonds. The fourth-order valence-corrected chi connectivity index (χ4v) is 2.45. The molecule has 17 heavy (non-hydrogen) atoms. The molecular formula is C14H21ClFN. The molecule has 1 N–H and O–H groups in total. The van der Waals surface area contributed by atoms with Crippen LogP contribution in [-0.2, 0) is 0 Å². The molecule has 0 spiro atoms. The van der Waals surface area contributed by atoms with Gasteiger partial charge in [0.05, 0.1) is 5.02 Å². The zero-order chi connectivity index (χ0) is 12.8. The van der Waals surface area contributed by atoms with Crippen molar-refractivity contribution >= 4 is 11.6 Å². The minimum Gasteiger partial charge on any atom is -0.310 e. The van der Waals surface area contributed by atoms with E-state index < -0.39 is 0 Å². The third-order valence-corrected chi connectivity index (χ3v) is 3.55. The number of nitrogens with one attached hydrogen (secondary N) is 1.